The van der Waals surface area contributed by atoms with E-state index < -0.39 is 0 Å². The zero-order chi connectivity index (χ0) is 14.1. The van der Waals surface area contributed by atoms with Gasteiger partial charge in [0.05, 0.1) is 11.0 Å². The minimum absolute atomic E-state index is 0.115. The Morgan fingerprint density at radius 3 is 2.90 bits per heavy atom. The number of hydrogen-bond donors (Lipinski definition) is 1. The van der Waals surface area contributed by atoms with Crippen LogP contribution in [0.15, 0.2) is 46.9 Å². The molecule has 102 valence electrons. The van der Waals surface area contributed by atoms with Crippen molar-refractivity contribution in [2.75, 3.05) is 5.32 Å². The first kappa shape index (κ1) is 13.1. The third-order valence-corrected chi connectivity index (χ3v) is 4.07. The minimum atomic E-state index is -0.370. The summed E-state index contributed by atoms with van der Waals surface area (Å²) in [7, 11) is 0. The molecule has 3 rings (SSSR count). The molecule has 1 aliphatic carbocycles. The van der Waals surface area contributed by atoms with E-state index in [1.165, 1.54) is 17.2 Å². The van der Waals surface area contributed by atoms with Crippen LogP contribution >= 0.6 is 15.9 Å². The van der Waals surface area contributed by atoms with Crippen molar-refractivity contribution in [1.82, 2.24) is 0 Å². The summed E-state index contributed by atoms with van der Waals surface area (Å²) in [6, 6.07) is 13.2. The molecule has 0 spiro atoms. The first-order chi connectivity index (χ1) is 9.63. The maximum absolute atomic E-state index is 10.8. The molecule has 0 fully saturated rings. The highest BCUT2D eigenvalue weighted by atomic mass is 79.9. The van der Waals surface area contributed by atoms with Crippen LogP contribution in [0.3, 0.4) is 0 Å². The molecule has 0 amide bonds. The Morgan fingerprint density at radius 1 is 1.25 bits per heavy atom. The van der Waals surface area contributed by atoms with Crippen molar-refractivity contribution in [2.24, 2.45) is 0 Å². The van der Waals surface area contributed by atoms with Crippen molar-refractivity contribution in [2.45, 2.75) is 18.9 Å². The summed E-state index contributed by atoms with van der Waals surface area (Å²) in [6.07, 6.45) is 2.04. The van der Waals surface area contributed by atoms with E-state index in [2.05, 4.69) is 33.4 Å². The van der Waals surface area contributed by atoms with E-state index in [0.717, 1.165) is 23.0 Å². The number of nitrogens with one attached hydrogen (secondary N) is 1. The Bertz CT molecular complexity index is 673. The van der Waals surface area contributed by atoms with Gasteiger partial charge in [-0.1, -0.05) is 28.1 Å². The van der Waals surface area contributed by atoms with Crippen molar-refractivity contribution in [3.63, 3.8) is 0 Å². The predicted molar refractivity (Wildman–Crippen MR) is 81.9 cm³/mol. The topological polar surface area (TPSA) is 55.2 Å². The highest BCUT2D eigenvalue weighted by molar-refractivity contribution is 9.10. The molecule has 5 heteroatoms. The first-order valence-electron chi connectivity index (χ1n) is 6.43. The SMILES string of the molecule is O=[N+]([O-])c1cccc(NC2CCc3cc(Br)ccc32)c1. The molecule has 0 saturated heterocycles. The second kappa shape index (κ2) is 5.25. The third-order valence-electron chi connectivity index (χ3n) is 3.58. The number of aryl methyl sites for hydroxylation is 1. The highest BCUT2D eigenvalue weighted by Gasteiger charge is 2.22. The Labute approximate surface area is 125 Å². The maximum atomic E-state index is 10.8. The van der Waals surface area contributed by atoms with Gasteiger partial charge in [-0.3, -0.25) is 10.1 Å². The minimum Gasteiger partial charge on any atom is -0.378 e. The Kier molecular flexibility index (Phi) is 3.44. The molecule has 0 radical (unpaired) electrons. The van der Waals surface area contributed by atoms with Crippen LogP contribution in [0.4, 0.5) is 11.4 Å². The fourth-order valence-electron chi connectivity index (χ4n) is 2.65. The van der Waals surface area contributed by atoms with Crippen LogP contribution in [-0.2, 0) is 6.42 Å². The lowest BCUT2D eigenvalue weighted by molar-refractivity contribution is -0.384. The summed E-state index contributed by atoms with van der Waals surface area (Å²) in [6.45, 7) is 0. The normalized spacial score (nSPS) is 16.8. The number of nitrogens with zero attached hydrogens (tertiary/aromatic N) is 1. The van der Waals surface area contributed by atoms with Crippen molar-refractivity contribution in [1.29, 1.82) is 0 Å². The van der Waals surface area contributed by atoms with Gasteiger partial charge in [-0.2, -0.15) is 0 Å². The summed E-state index contributed by atoms with van der Waals surface area (Å²) >= 11 is 3.48. The number of fused-ring (bicyclic) bond motifs is 1. The lowest BCUT2D eigenvalue weighted by Crippen LogP contribution is -2.07. The van der Waals surface area contributed by atoms with Crippen LogP contribution in [0, 0.1) is 10.1 Å². The first-order valence-corrected chi connectivity index (χ1v) is 7.22. The molecular formula is C15H13BrN2O2. The van der Waals surface area contributed by atoms with Crippen LogP contribution in [0.5, 0.6) is 0 Å². The summed E-state index contributed by atoms with van der Waals surface area (Å²) in [4.78, 5) is 10.4. The molecule has 0 saturated carbocycles. The van der Waals surface area contributed by atoms with Gasteiger partial charge in [0.2, 0.25) is 0 Å². The van der Waals surface area contributed by atoms with Gasteiger partial charge in [-0.15, -0.1) is 0 Å². The Balaban J connectivity index is 1.84. The molecule has 2 aromatic rings. The van der Waals surface area contributed by atoms with Crippen LogP contribution in [0.25, 0.3) is 0 Å². The van der Waals surface area contributed by atoms with E-state index in [1.807, 2.05) is 12.1 Å². The van der Waals surface area contributed by atoms with Crippen LogP contribution in [0.2, 0.25) is 0 Å². The number of nitro benzene ring substituents is 1. The molecule has 1 atom stereocenters. The van der Waals surface area contributed by atoms with E-state index in [9.17, 15) is 10.1 Å². The Hall–Kier alpha value is -1.88. The van der Waals surface area contributed by atoms with Gasteiger partial charge in [0, 0.05) is 22.3 Å². The molecule has 1 aliphatic rings. The van der Waals surface area contributed by atoms with Crippen molar-refractivity contribution in [3.8, 4) is 0 Å². The molecular weight excluding hydrogens is 320 g/mol. The largest absolute Gasteiger partial charge is 0.378 e. The van der Waals surface area contributed by atoms with Crippen molar-refractivity contribution in [3.05, 3.63) is 68.2 Å². The monoisotopic (exact) mass is 332 g/mol. The molecule has 2 aromatic carbocycles. The molecule has 4 nitrogen and oxygen atoms in total. The van der Waals surface area contributed by atoms with Gasteiger partial charge in [-0.05, 0) is 42.2 Å². The molecule has 1 unspecified atom stereocenters. The number of halogens is 1. The van der Waals surface area contributed by atoms with E-state index in [4.69, 9.17) is 0 Å². The van der Waals surface area contributed by atoms with Gasteiger partial charge in [-0.25, -0.2) is 0 Å². The molecule has 1 N–H and O–H groups in total. The molecule has 0 aromatic heterocycles. The number of nitro groups is 1. The molecule has 20 heavy (non-hydrogen) atoms. The van der Waals surface area contributed by atoms with Crippen molar-refractivity contribution >= 4 is 27.3 Å². The van der Waals surface area contributed by atoms with Crippen LogP contribution in [-0.4, -0.2) is 4.92 Å². The zero-order valence-corrected chi connectivity index (χ0v) is 12.3. The van der Waals surface area contributed by atoms with Gasteiger partial charge in [0.25, 0.3) is 5.69 Å². The standard InChI is InChI=1S/C15H13BrN2O2/c16-11-5-6-14-10(8-11)4-7-15(14)17-12-2-1-3-13(9-12)18(19)20/h1-3,5-6,8-9,15,17H,4,7H2. The van der Waals surface area contributed by atoms with E-state index in [-0.39, 0.29) is 16.7 Å². The number of benzene rings is 2. The van der Waals surface area contributed by atoms with E-state index in [0.29, 0.717) is 0 Å². The fourth-order valence-corrected chi connectivity index (χ4v) is 3.05. The summed E-state index contributed by atoms with van der Waals surface area (Å²) in [5.74, 6) is 0. The second-order valence-corrected chi connectivity index (χ2v) is 5.80. The maximum Gasteiger partial charge on any atom is 0.271 e. The zero-order valence-electron chi connectivity index (χ0n) is 10.7. The van der Waals surface area contributed by atoms with Gasteiger partial charge < -0.3 is 5.32 Å². The van der Waals surface area contributed by atoms with Gasteiger partial charge in [0.15, 0.2) is 0 Å². The van der Waals surface area contributed by atoms with Crippen LogP contribution < -0.4 is 5.32 Å². The average molecular weight is 333 g/mol. The van der Waals surface area contributed by atoms with Gasteiger partial charge in [0.1, 0.15) is 0 Å². The predicted octanol–water partition coefficient (Wildman–Crippen LogP) is 4.46. The lowest BCUT2D eigenvalue weighted by atomic mass is 10.1. The third kappa shape index (κ3) is 2.54. The number of hydrogen-bond acceptors (Lipinski definition) is 3. The quantitative estimate of drug-likeness (QED) is 0.667. The fraction of sp³-hybridized carbons (Fsp3) is 0.200. The number of rotatable bonds is 3. The van der Waals surface area contributed by atoms with E-state index in [1.54, 1.807) is 12.1 Å². The van der Waals surface area contributed by atoms with Crippen molar-refractivity contribution < 1.29 is 4.92 Å². The smallest absolute Gasteiger partial charge is 0.271 e. The lowest BCUT2D eigenvalue weighted by Gasteiger charge is -2.15. The van der Waals surface area contributed by atoms with Crippen LogP contribution in [0.1, 0.15) is 23.6 Å². The highest BCUT2D eigenvalue weighted by Crippen LogP contribution is 2.35. The average Bonchev–Trinajstić information content (AvgIpc) is 2.81. The summed E-state index contributed by atoms with van der Waals surface area (Å²) in [5, 5.41) is 14.2. The summed E-state index contributed by atoms with van der Waals surface area (Å²) in [5.41, 5.74) is 3.52. The number of anilines is 1. The molecule has 0 aliphatic heterocycles. The van der Waals surface area contributed by atoms with E-state index >= 15 is 0 Å². The molecule has 0 heterocycles. The Morgan fingerprint density at radius 2 is 2.10 bits per heavy atom. The number of non-ortho nitro benzene ring substituents is 1. The second-order valence-electron chi connectivity index (χ2n) is 4.89. The van der Waals surface area contributed by atoms with Gasteiger partial charge >= 0.3 is 0 Å². The summed E-state index contributed by atoms with van der Waals surface area (Å²) < 4.78 is 1.09. The molecule has 0 bridgehead atoms.